The smallest absolute Gasteiger partial charge is 0.332 e. The maximum atomic E-state index is 14.3. The van der Waals surface area contributed by atoms with Crippen LogP contribution < -0.4 is 16.6 Å². The Morgan fingerprint density at radius 2 is 1.89 bits per heavy atom. The van der Waals surface area contributed by atoms with Crippen LogP contribution >= 0.6 is 27.7 Å². The summed E-state index contributed by atoms with van der Waals surface area (Å²) < 4.78 is 22.0. The predicted molar refractivity (Wildman–Crippen MR) is 136 cm³/mol. The maximum Gasteiger partial charge on any atom is 0.332 e. The molecule has 4 rings (SSSR count). The van der Waals surface area contributed by atoms with Gasteiger partial charge in [-0.15, -0.1) is 0 Å². The minimum atomic E-state index is -0.622. The lowest BCUT2D eigenvalue weighted by molar-refractivity contribution is 0.221. The molecule has 0 radical (unpaired) electrons. The molecule has 35 heavy (non-hydrogen) atoms. The fourth-order valence-electron chi connectivity index (χ4n) is 3.61. The SMILES string of the molecule is COCNc1ccc(Sc2nc3c(c(-c4cc(F)ccc4Br)c2C#N)c(=O)n(C)c(=O)n3C)cc1. The number of hydrogen-bond acceptors (Lipinski definition) is 7. The first-order valence-corrected chi connectivity index (χ1v) is 11.9. The van der Waals surface area contributed by atoms with Crippen LogP contribution in [-0.2, 0) is 18.8 Å². The average Bonchev–Trinajstić information content (AvgIpc) is 2.86. The van der Waals surface area contributed by atoms with Crippen LogP contribution in [0.1, 0.15) is 5.56 Å². The zero-order valence-electron chi connectivity index (χ0n) is 18.9. The summed E-state index contributed by atoms with van der Waals surface area (Å²) in [6.45, 7) is 0.353. The Labute approximate surface area is 212 Å². The van der Waals surface area contributed by atoms with Crippen LogP contribution in [0.2, 0.25) is 0 Å². The number of pyridine rings is 1. The second-order valence-corrected chi connectivity index (χ2v) is 9.46. The van der Waals surface area contributed by atoms with Crippen LogP contribution in [-0.4, -0.2) is 28.0 Å². The molecule has 4 aromatic rings. The van der Waals surface area contributed by atoms with Crippen molar-refractivity contribution in [1.82, 2.24) is 14.1 Å². The highest BCUT2D eigenvalue weighted by Gasteiger charge is 2.24. The molecule has 0 saturated heterocycles. The molecule has 0 atom stereocenters. The Morgan fingerprint density at radius 3 is 2.54 bits per heavy atom. The third-order valence-corrected chi connectivity index (χ3v) is 7.04. The number of hydrogen-bond donors (Lipinski definition) is 1. The summed E-state index contributed by atoms with van der Waals surface area (Å²) in [5.41, 5.74) is 0.386. The zero-order chi connectivity index (χ0) is 25.3. The lowest BCUT2D eigenvalue weighted by Gasteiger charge is -2.16. The molecule has 8 nitrogen and oxygen atoms in total. The Kier molecular flexibility index (Phi) is 7.07. The lowest BCUT2D eigenvalue weighted by atomic mass is 9.98. The first kappa shape index (κ1) is 24.7. The Balaban J connectivity index is 2.03. The Morgan fingerprint density at radius 1 is 1.17 bits per heavy atom. The molecule has 1 N–H and O–H groups in total. The van der Waals surface area contributed by atoms with Crippen molar-refractivity contribution >= 4 is 44.4 Å². The molecule has 0 aliphatic rings. The van der Waals surface area contributed by atoms with E-state index in [2.05, 4.69) is 32.3 Å². The zero-order valence-corrected chi connectivity index (χ0v) is 21.3. The van der Waals surface area contributed by atoms with E-state index >= 15 is 0 Å². The minimum absolute atomic E-state index is 0.0564. The molecule has 0 saturated carbocycles. The van der Waals surface area contributed by atoms with Gasteiger partial charge in [-0.05, 0) is 42.5 Å². The van der Waals surface area contributed by atoms with Gasteiger partial charge in [0.2, 0.25) is 0 Å². The van der Waals surface area contributed by atoms with Gasteiger partial charge in [-0.3, -0.25) is 13.9 Å². The highest BCUT2D eigenvalue weighted by atomic mass is 79.9. The van der Waals surface area contributed by atoms with Crippen molar-refractivity contribution in [3.05, 3.63) is 79.2 Å². The molecule has 2 heterocycles. The van der Waals surface area contributed by atoms with Gasteiger partial charge >= 0.3 is 5.69 Å². The monoisotopic (exact) mass is 555 g/mol. The second-order valence-electron chi connectivity index (χ2n) is 7.54. The van der Waals surface area contributed by atoms with E-state index < -0.39 is 17.1 Å². The minimum Gasteiger partial charge on any atom is -0.365 e. The molecule has 0 aliphatic heterocycles. The summed E-state index contributed by atoms with van der Waals surface area (Å²) in [5, 5.41) is 13.6. The summed E-state index contributed by atoms with van der Waals surface area (Å²) in [4.78, 5) is 31.2. The van der Waals surface area contributed by atoms with E-state index in [9.17, 15) is 19.2 Å². The van der Waals surface area contributed by atoms with Gasteiger partial charge in [0.25, 0.3) is 5.56 Å². The number of nitrogens with zero attached hydrogens (tertiary/aromatic N) is 4. The largest absolute Gasteiger partial charge is 0.365 e. The standard InChI is InChI=1S/C24H19BrFN5O3S/c1-30-21-20(23(32)31(2)24(30)33)19(16-10-13(26)4-9-18(16)25)17(11-27)22(29-21)35-15-7-5-14(6-8-15)28-12-34-3/h4-10,28H,12H2,1-3H3. The average molecular weight is 556 g/mol. The summed E-state index contributed by atoms with van der Waals surface area (Å²) in [6, 6.07) is 13.6. The molecular weight excluding hydrogens is 537 g/mol. The van der Waals surface area contributed by atoms with Crippen molar-refractivity contribution in [3.8, 4) is 17.2 Å². The van der Waals surface area contributed by atoms with Crippen LogP contribution in [0.4, 0.5) is 10.1 Å². The van der Waals surface area contributed by atoms with E-state index in [0.29, 0.717) is 16.8 Å². The first-order chi connectivity index (χ1) is 16.8. The van der Waals surface area contributed by atoms with Gasteiger partial charge in [-0.2, -0.15) is 5.26 Å². The molecule has 0 unspecified atom stereocenters. The number of benzene rings is 2. The van der Waals surface area contributed by atoms with Crippen LogP contribution in [0.25, 0.3) is 22.2 Å². The fraction of sp³-hybridized carbons (Fsp3) is 0.167. The number of aromatic nitrogens is 3. The van der Waals surface area contributed by atoms with Crippen LogP contribution in [0.15, 0.2) is 66.4 Å². The van der Waals surface area contributed by atoms with Gasteiger partial charge in [0.1, 0.15) is 23.6 Å². The van der Waals surface area contributed by atoms with Gasteiger partial charge in [0.15, 0.2) is 5.65 Å². The summed E-state index contributed by atoms with van der Waals surface area (Å²) in [7, 11) is 4.43. The van der Waals surface area contributed by atoms with Crippen molar-refractivity contribution < 1.29 is 9.13 Å². The highest BCUT2D eigenvalue weighted by Crippen LogP contribution is 2.40. The Hall–Kier alpha value is -3.46. The Bertz CT molecular complexity index is 1610. The van der Waals surface area contributed by atoms with E-state index in [1.165, 1.54) is 48.6 Å². The lowest BCUT2D eigenvalue weighted by Crippen LogP contribution is -2.37. The third kappa shape index (κ3) is 4.60. The van der Waals surface area contributed by atoms with Crippen LogP contribution in [0.5, 0.6) is 0 Å². The third-order valence-electron chi connectivity index (χ3n) is 5.35. The van der Waals surface area contributed by atoms with Gasteiger partial charge in [0, 0.05) is 47.4 Å². The van der Waals surface area contributed by atoms with Gasteiger partial charge in [0.05, 0.1) is 10.9 Å². The molecule has 0 bridgehead atoms. The van der Waals surface area contributed by atoms with E-state index in [0.717, 1.165) is 15.1 Å². The molecular formula is C24H19BrFN5O3S. The van der Waals surface area contributed by atoms with Crippen molar-refractivity contribution in [2.75, 3.05) is 19.2 Å². The van der Waals surface area contributed by atoms with Crippen LogP contribution in [0.3, 0.4) is 0 Å². The molecule has 0 fully saturated rings. The van der Waals surface area contributed by atoms with Crippen molar-refractivity contribution in [3.63, 3.8) is 0 Å². The number of rotatable bonds is 6. The number of nitrogens with one attached hydrogen (secondary N) is 1. The molecule has 0 spiro atoms. The second kappa shape index (κ2) is 10.0. The molecule has 2 aromatic carbocycles. The number of halogens is 2. The first-order valence-electron chi connectivity index (χ1n) is 10.3. The van der Waals surface area contributed by atoms with E-state index in [1.807, 2.05) is 24.3 Å². The molecule has 0 aliphatic carbocycles. The number of ether oxygens (including phenoxy) is 1. The number of fused-ring (bicyclic) bond motifs is 1. The summed E-state index contributed by atoms with van der Waals surface area (Å²) in [6.07, 6.45) is 0. The predicted octanol–water partition coefficient (Wildman–Crippen LogP) is 4.24. The van der Waals surface area contributed by atoms with E-state index in [1.54, 1.807) is 7.11 Å². The number of anilines is 1. The molecule has 178 valence electrons. The topological polar surface area (TPSA) is 102 Å². The summed E-state index contributed by atoms with van der Waals surface area (Å²) in [5.74, 6) is -0.535. The van der Waals surface area contributed by atoms with Gasteiger partial charge < -0.3 is 10.1 Å². The number of methoxy groups -OCH3 is 1. The normalized spacial score (nSPS) is 11.0. The van der Waals surface area contributed by atoms with Crippen molar-refractivity contribution in [1.29, 1.82) is 5.26 Å². The van der Waals surface area contributed by atoms with Gasteiger partial charge in [-0.25, -0.2) is 14.2 Å². The molecule has 2 aromatic heterocycles. The summed E-state index contributed by atoms with van der Waals surface area (Å²) >= 11 is 4.62. The van der Waals surface area contributed by atoms with Crippen molar-refractivity contribution in [2.24, 2.45) is 14.1 Å². The maximum absolute atomic E-state index is 14.3. The van der Waals surface area contributed by atoms with Gasteiger partial charge in [-0.1, -0.05) is 27.7 Å². The van der Waals surface area contributed by atoms with E-state index in [-0.39, 0.29) is 27.2 Å². The highest BCUT2D eigenvalue weighted by molar-refractivity contribution is 9.10. The molecule has 11 heteroatoms. The van der Waals surface area contributed by atoms with Crippen molar-refractivity contribution in [2.45, 2.75) is 9.92 Å². The van der Waals surface area contributed by atoms with Crippen LogP contribution in [0, 0.1) is 17.1 Å². The number of nitriles is 1. The molecule has 0 amide bonds. The number of aryl methyl sites for hydroxylation is 1. The van der Waals surface area contributed by atoms with E-state index in [4.69, 9.17) is 4.74 Å². The quantitative estimate of drug-likeness (QED) is 0.355. The fourth-order valence-corrected chi connectivity index (χ4v) is 4.93.